The van der Waals surface area contributed by atoms with Crippen molar-refractivity contribution in [3.8, 4) is 0 Å². The molecule has 0 atom stereocenters. The Morgan fingerprint density at radius 2 is 1.85 bits per heavy atom. The van der Waals surface area contributed by atoms with E-state index in [0.717, 1.165) is 19.0 Å². The molecule has 0 heterocycles. The van der Waals surface area contributed by atoms with Crippen LogP contribution >= 0.6 is 0 Å². The predicted octanol–water partition coefficient (Wildman–Crippen LogP) is 0.323. The van der Waals surface area contributed by atoms with Crippen molar-refractivity contribution in [2.75, 3.05) is 33.9 Å². The van der Waals surface area contributed by atoms with Crippen molar-refractivity contribution >= 4 is 8.56 Å². The summed E-state index contributed by atoms with van der Waals surface area (Å²) in [4.78, 5) is 0. The zero-order chi connectivity index (χ0) is 10.2. The lowest BCUT2D eigenvalue weighted by molar-refractivity contribution is 0.248. The van der Waals surface area contributed by atoms with Gasteiger partial charge in [0.1, 0.15) is 0 Å². The minimum absolute atomic E-state index is 0.198. The molecule has 0 aliphatic heterocycles. The van der Waals surface area contributed by atoms with Gasteiger partial charge >= 0.3 is 8.56 Å². The molecule has 13 heavy (non-hydrogen) atoms. The van der Waals surface area contributed by atoms with Crippen LogP contribution in [0.3, 0.4) is 0 Å². The van der Waals surface area contributed by atoms with Crippen LogP contribution in [-0.2, 0) is 8.85 Å². The summed E-state index contributed by atoms with van der Waals surface area (Å²) in [6.07, 6.45) is 1.03. The quantitative estimate of drug-likeness (QED) is 0.445. The van der Waals surface area contributed by atoms with Crippen molar-refractivity contribution in [2.45, 2.75) is 19.0 Å². The smallest absolute Gasteiger partial charge is 0.334 e. The fraction of sp³-hybridized carbons (Fsp3) is 1.00. The molecule has 4 nitrogen and oxygen atoms in total. The zero-order valence-electron chi connectivity index (χ0n) is 8.80. The largest absolute Gasteiger partial charge is 0.398 e. The lowest BCUT2D eigenvalue weighted by atomic mass is 10.5. The van der Waals surface area contributed by atoms with Gasteiger partial charge in [0.2, 0.25) is 0 Å². The summed E-state index contributed by atoms with van der Waals surface area (Å²) in [5, 5.41) is 11.6. The summed E-state index contributed by atoms with van der Waals surface area (Å²) in [7, 11) is 1.55. The van der Waals surface area contributed by atoms with E-state index in [2.05, 4.69) is 11.9 Å². The van der Waals surface area contributed by atoms with Gasteiger partial charge in [0, 0.05) is 20.8 Å². The first-order valence-electron chi connectivity index (χ1n) is 4.60. The maximum atomic E-state index is 8.51. The summed E-state index contributed by atoms with van der Waals surface area (Å²) in [6.45, 7) is 3.83. The Kier molecular flexibility index (Phi) is 7.49. The molecule has 0 spiro atoms. The van der Waals surface area contributed by atoms with Gasteiger partial charge in [0.05, 0.1) is 6.61 Å². The topological polar surface area (TPSA) is 50.7 Å². The van der Waals surface area contributed by atoms with Crippen molar-refractivity contribution in [2.24, 2.45) is 0 Å². The summed E-state index contributed by atoms with van der Waals surface area (Å²) >= 11 is 0. The second-order valence-corrected chi connectivity index (χ2v) is 6.70. The van der Waals surface area contributed by atoms with E-state index in [1.165, 1.54) is 0 Å². The van der Waals surface area contributed by atoms with Crippen LogP contribution in [0.5, 0.6) is 0 Å². The van der Waals surface area contributed by atoms with Crippen LogP contribution < -0.4 is 5.32 Å². The van der Waals surface area contributed by atoms with Crippen molar-refractivity contribution in [3.05, 3.63) is 0 Å². The minimum atomic E-state index is -1.86. The van der Waals surface area contributed by atoms with E-state index in [4.69, 9.17) is 14.0 Å². The SMILES string of the molecule is CO[Si](C)(CCCNCCO)OC. The van der Waals surface area contributed by atoms with Gasteiger partial charge < -0.3 is 19.3 Å². The molecule has 0 aromatic rings. The van der Waals surface area contributed by atoms with Gasteiger partial charge in [-0.05, 0) is 25.6 Å². The first-order valence-corrected chi connectivity index (χ1v) is 7.13. The molecule has 0 fully saturated rings. The van der Waals surface area contributed by atoms with E-state index in [-0.39, 0.29) is 6.61 Å². The molecule has 0 bridgehead atoms. The Morgan fingerprint density at radius 1 is 1.23 bits per heavy atom. The maximum Gasteiger partial charge on any atom is 0.334 e. The van der Waals surface area contributed by atoms with E-state index in [0.29, 0.717) is 6.54 Å². The number of hydrogen-bond donors (Lipinski definition) is 2. The van der Waals surface area contributed by atoms with Crippen molar-refractivity contribution in [1.82, 2.24) is 5.32 Å². The molecule has 5 heteroatoms. The Morgan fingerprint density at radius 3 is 2.31 bits per heavy atom. The van der Waals surface area contributed by atoms with Gasteiger partial charge in [-0.1, -0.05) is 0 Å². The van der Waals surface area contributed by atoms with E-state index >= 15 is 0 Å². The zero-order valence-corrected chi connectivity index (χ0v) is 9.80. The molecular formula is C8H21NO3Si. The molecule has 2 N–H and O–H groups in total. The number of aliphatic hydroxyl groups excluding tert-OH is 1. The molecule has 0 rings (SSSR count). The molecule has 0 amide bonds. The Bertz CT molecular complexity index is 120. The van der Waals surface area contributed by atoms with Crippen molar-refractivity contribution in [3.63, 3.8) is 0 Å². The monoisotopic (exact) mass is 207 g/mol. The van der Waals surface area contributed by atoms with Crippen LogP contribution in [0.25, 0.3) is 0 Å². The van der Waals surface area contributed by atoms with Crippen LogP contribution in [0.1, 0.15) is 6.42 Å². The van der Waals surface area contributed by atoms with Gasteiger partial charge in [0.15, 0.2) is 0 Å². The molecule has 80 valence electrons. The summed E-state index contributed by atoms with van der Waals surface area (Å²) < 4.78 is 10.7. The average molecular weight is 207 g/mol. The number of hydrogen-bond acceptors (Lipinski definition) is 4. The number of rotatable bonds is 8. The summed E-state index contributed by atoms with van der Waals surface area (Å²) in [5.74, 6) is 0. The highest BCUT2D eigenvalue weighted by atomic mass is 28.4. The standard InChI is InChI=1S/C8H21NO3Si/c1-11-13(3,12-2)8-4-5-9-6-7-10/h9-10H,4-8H2,1-3H3. The highest BCUT2D eigenvalue weighted by Crippen LogP contribution is 2.12. The van der Waals surface area contributed by atoms with Crippen LogP contribution in [0, 0.1) is 0 Å². The van der Waals surface area contributed by atoms with Gasteiger partial charge in [-0.25, -0.2) is 0 Å². The van der Waals surface area contributed by atoms with Crippen LogP contribution in [-0.4, -0.2) is 47.6 Å². The minimum Gasteiger partial charge on any atom is -0.398 e. The molecule has 0 aliphatic rings. The molecule has 0 saturated carbocycles. The van der Waals surface area contributed by atoms with Gasteiger partial charge in [0.25, 0.3) is 0 Å². The highest BCUT2D eigenvalue weighted by Gasteiger charge is 2.27. The van der Waals surface area contributed by atoms with E-state index in [9.17, 15) is 0 Å². The third kappa shape index (κ3) is 6.17. The molecule has 0 unspecified atom stereocenters. The third-order valence-corrected chi connectivity index (χ3v) is 5.13. The Labute approximate surface area is 81.5 Å². The van der Waals surface area contributed by atoms with Crippen LogP contribution in [0.2, 0.25) is 12.6 Å². The second kappa shape index (κ2) is 7.46. The highest BCUT2D eigenvalue weighted by molar-refractivity contribution is 6.65. The van der Waals surface area contributed by atoms with Crippen LogP contribution in [0.15, 0.2) is 0 Å². The lowest BCUT2D eigenvalue weighted by Crippen LogP contribution is -2.36. The fourth-order valence-electron chi connectivity index (χ4n) is 1.03. The first-order chi connectivity index (χ1) is 6.18. The molecule has 0 aliphatic carbocycles. The molecule has 0 radical (unpaired) electrons. The molecular weight excluding hydrogens is 186 g/mol. The number of aliphatic hydroxyl groups is 1. The second-order valence-electron chi connectivity index (χ2n) is 3.12. The normalized spacial score (nSPS) is 12.0. The van der Waals surface area contributed by atoms with E-state index in [1.54, 1.807) is 14.2 Å². The van der Waals surface area contributed by atoms with E-state index < -0.39 is 8.56 Å². The first kappa shape index (κ1) is 13.1. The summed E-state index contributed by atoms with van der Waals surface area (Å²) in [5.41, 5.74) is 0. The Hall–Kier alpha value is 0.0569. The molecule has 0 aromatic carbocycles. The van der Waals surface area contributed by atoms with E-state index in [1.807, 2.05) is 0 Å². The van der Waals surface area contributed by atoms with Gasteiger partial charge in [-0.2, -0.15) is 0 Å². The lowest BCUT2D eigenvalue weighted by Gasteiger charge is -2.22. The van der Waals surface area contributed by atoms with Crippen LogP contribution in [0.4, 0.5) is 0 Å². The average Bonchev–Trinajstić information content (AvgIpc) is 2.17. The molecule has 0 saturated heterocycles. The number of nitrogens with one attached hydrogen (secondary N) is 1. The maximum absolute atomic E-state index is 8.51. The van der Waals surface area contributed by atoms with Crippen molar-refractivity contribution in [1.29, 1.82) is 0 Å². The van der Waals surface area contributed by atoms with Gasteiger partial charge in [-0.15, -0.1) is 0 Å². The molecule has 0 aromatic heterocycles. The van der Waals surface area contributed by atoms with Gasteiger partial charge in [-0.3, -0.25) is 0 Å². The predicted molar refractivity (Wildman–Crippen MR) is 55.0 cm³/mol. The third-order valence-electron chi connectivity index (χ3n) is 2.14. The fourth-order valence-corrected chi connectivity index (χ4v) is 2.42. The van der Waals surface area contributed by atoms with Crippen molar-refractivity contribution < 1.29 is 14.0 Å². The summed E-state index contributed by atoms with van der Waals surface area (Å²) in [6, 6.07) is 0.985. The Balaban J connectivity index is 3.39.